The van der Waals surface area contributed by atoms with E-state index in [9.17, 15) is 14.4 Å². The van der Waals surface area contributed by atoms with Crippen LogP contribution in [0.15, 0.2) is 18.2 Å². The number of nitrogens with zero attached hydrogens (tertiary/aromatic N) is 1. The van der Waals surface area contributed by atoms with Gasteiger partial charge in [0.2, 0.25) is 0 Å². The molecular weight excluding hydrogens is 256 g/mol. The SMILES string of the molecule is CCC[C@H](C)NC(=O)c1ccc2c(c1)C(=O)N(C)C2=O. The second-order valence-electron chi connectivity index (χ2n) is 5.09. The Morgan fingerprint density at radius 3 is 2.55 bits per heavy atom. The predicted molar refractivity (Wildman–Crippen MR) is 74.7 cm³/mol. The number of carbonyl (C=O) groups is 3. The van der Waals surface area contributed by atoms with E-state index < -0.39 is 0 Å². The highest BCUT2D eigenvalue weighted by molar-refractivity contribution is 6.21. The Kier molecular flexibility index (Phi) is 3.88. The van der Waals surface area contributed by atoms with Gasteiger partial charge in [-0.1, -0.05) is 13.3 Å². The largest absolute Gasteiger partial charge is 0.350 e. The molecule has 0 aromatic heterocycles. The molecule has 0 saturated heterocycles. The number of hydrogen-bond donors (Lipinski definition) is 1. The summed E-state index contributed by atoms with van der Waals surface area (Å²) >= 11 is 0. The number of hydrogen-bond acceptors (Lipinski definition) is 3. The third-order valence-electron chi connectivity index (χ3n) is 3.45. The molecule has 20 heavy (non-hydrogen) atoms. The van der Waals surface area contributed by atoms with Crippen molar-refractivity contribution in [1.29, 1.82) is 0 Å². The van der Waals surface area contributed by atoms with Gasteiger partial charge in [-0.2, -0.15) is 0 Å². The van der Waals surface area contributed by atoms with E-state index in [-0.39, 0.29) is 23.8 Å². The summed E-state index contributed by atoms with van der Waals surface area (Å²) in [6.07, 6.45) is 1.89. The lowest BCUT2D eigenvalue weighted by atomic mass is 10.0. The Morgan fingerprint density at radius 1 is 1.25 bits per heavy atom. The standard InChI is InChI=1S/C15H18N2O3/c1-4-5-9(2)16-13(18)10-6-7-11-12(8-10)15(20)17(3)14(11)19/h6-9H,4-5H2,1-3H3,(H,16,18)/t9-/m0/s1. The highest BCUT2D eigenvalue weighted by Crippen LogP contribution is 2.22. The van der Waals surface area contributed by atoms with Crippen LogP contribution < -0.4 is 5.32 Å². The van der Waals surface area contributed by atoms with E-state index >= 15 is 0 Å². The molecule has 1 aromatic rings. The number of benzene rings is 1. The lowest BCUT2D eigenvalue weighted by Gasteiger charge is -2.12. The molecule has 1 atom stereocenters. The Hall–Kier alpha value is -2.17. The van der Waals surface area contributed by atoms with E-state index in [0.29, 0.717) is 16.7 Å². The van der Waals surface area contributed by atoms with E-state index in [0.717, 1.165) is 17.7 Å². The van der Waals surface area contributed by atoms with Crippen molar-refractivity contribution in [2.75, 3.05) is 7.05 Å². The maximum absolute atomic E-state index is 12.1. The van der Waals surface area contributed by atoms with Crippen LogP contribution in [0, 0.1) is 0 Å². The van der Waals surface area contributed by atoms with E-state index in [1.165, 1.54) is 13.1 Å². The molecule has 0 fully saturated rings. The predicted octanol–water partition coefficient (Wildman–Crippen LogP) is 1.83. The number of carbonyl (C=O) groups excluding carboxylic acids is 3. The van der Waals surface area contributed by atoms with Crippen molar-refractivity contribution in [3.8, 4) is 0 Å². The number of imide groups is 1. The minimum absolute atomic E-state index is 0.0840. The minimum Gasteiger partial charge on any atom is -0.350 e. The molecule has 0 aliphatic carbocycles. The van der Waals surface area contributed by atoms with Crippen molar-refractivity contribution in [1.82, 2.24) is 10.2 Å². The summed E-state index contributed by atoms with van der Waals surface area (Å²) in [4.78, 5) is 36.8. The molecular formula is C15H18N2O3. The average Bonchev–Trinajstić information content (AvgIpc) is 2.64. The minimum atomic E-state index is -0.360. The fourth-order valence-electron chi connectivity index (χ4n) is 2.31. The summed E-state index contributed by atoms with van der Waals surface area (Å²) in [5, 5.41) is 2.88. The molecule has 1 aliphatic heterocycles. The van der Waals surface area contributed by atoms with E-state index in [2.05, 4.69) is 12.2 Å². The first-order valence-electron chi connectivity index (χ1n) is 6.73. The van der Waals surface area contributed by atoms with Crippen molar-refractivity contribution in [3.63, 3.8) is 0 Å². The second kappa shape index (κ2) is 5.45. The zero-order valence-electron chi connectivity index (χ0n) is 11.9. The fraction of sp³-hybridized carbons (Fsp3) is 0.400. The molecule has 0 unspecified atom stereocenters. The van der Waals surface area contributed by atoms with Crippen LogP contribution in [0.5, 0.6) is 0 Å². The molecule has 0 bridgehead atoms. The van der Waals surface area contributed by atoms with Crippen molar-refractivity contribution >= 4 is 17.7 Å². The molecule has 1 aromatic carbocycles. The summed E-state index contributed by atoms with van der Waals surface area (Å²) in [5.41, 5.74) is 1.06. The van der Waals surface area contributed by atoms with Gasteiger partial charge in [0.25, 0.3) is 17.7 Å². The van der Waals surface area contributed by atoms with Crippen LogP contribution in [0.3, 0.4) is 0 Å². The molecule has 0 radical (unpaired) electrons. The maximum atomic E-state index is 12.1. The van der Waals surface area contributed by atoms with Crippen molar-refractivity contribution in [3.05, 3.63) is 34.9 Å². The zero-order valence-corrected chi connectivity index (χ0v) is 11.9. The number of amides is 3. The second-order valence-corrected chi connectivity index (χ2v) is 5.09. The third-order valence-corrected chi connectivity index (χ3v) is 3.45. The zero-order chi connectivity index (χ0) is 14.9. The first kappa shape index (κ1) is 14.2. The Bertz CT molecular complexity index is 580. The first-order chi connectivity index (χ1) is 9.45. The highest BCUT2D eigenvalue weighted by atomic mass is 16.2. The number of rotatable bonds is 4. The van der Waals surface area contributed by atoms with Gasteiger partial charge in [-0.15, -0.1) is 0 Å². The summed E-state index contributed by atoms with van der Waals surface area (Å²) in [5.74, 6) is -0.902. The van der Waals surface area contributed by atoms with Crippen LogP contribution in [-0.4, -0.2) is 35.7 Å². The summed E-state index contributed by atoms with van der Waals surface area (Å²) < 4.78 is 0. The molecule has 0 saturated carbocycles. The van der Waals surface area contributed by atoms with Crippen LogP contribution in [0.4, 0.5) is 0 Å². The summed E-state index contributed by atoms with van der Waals surface area (Å²) in [6, 6.07) is 4.70. The molecule has 106 valence electrons. The Balaban J connectivity index is 2.23. The average molecular weight is 274 g/mol. The smallest absolute Gasteiger partial charge is 0.261 e. The van der Waals surface area contributed by atoms with Crippen LogP contribution in [0.1, 0.15) is 57.8 Å². The van der Waals surface area contributed by atoms with E-state index in [4.69, 9.17) is 0 Å². The van der Waals surface area contributed by atoms with E-state index in [1.807, 2.05) is 6.92 Å². The van der Waals surface area contributed by atoms with Gasteiger partial charge in [-0.3, -0.25) is 19.3 Å². The summed E-state index contributed by atoms with van der Waals surface area (Å²) in [7, 11) is 1.44. The fourth-order valence-corrected chi connectivity index (χ4v) is 2.31. The van der Waals surface area contributed by atoms with Crippen LogP contribution >= 0.6 is 0 Å². The molecule has 5 nitrogen and oxygen atoms in total. The van der Waals surface area contributed by atoms with Gasteiger partial charge < -0.3 is 5.32 Å². The molecule has 1 N–H and O–H groups in total. The first-order valence-corrected chi connectivity index (χ1v) is 6.73. The Labute approximate surface area is 118 Å². The van der Waals surface area contributed by atoms with Crippen molar-refractivity contribution in [2.24, 2.45) is 0 Å². The molecule has 0 spiro atoms. The third kappa shape index (κ3) is 2.43. The van der Waals surface area contributed by atoms with E-state index in [1.54, 1.807) is 12.1 Å². The van der Waals surface area contributed by atoms with Gasteiger partial charge >= 0.3 is 0 Å². The van der Waals surface area contributed by atoms with Crippen LogP contribution in [0.25, 0.3) is 0 Å². The quantitative estimate of drug-likeness (QED) is 0.852. The lowest BCUT2D eigenvalue weighted by Crippen LogP contribution is -2.32. The van der Waals surface area contributed by atoms with Crippen LogP contribution in [0.2, 0.25) is 0 Å². The molecule has 5 heteroatoms. The number of nitrogens with one attached hydrogen (secondary N) is 1. The lowest BCUT2D eigenvalue weighted by molar-refractivity contribution is 0.0693. The van der Waals surface area contributed by atoms with Gasteiger partial charge in [0.05, 0.1) is 11.1 Å². The van der Waals surface area contributed by atoms with Gasteiger partial charge in [-0.05, 0) is 31.5 Å². The summed E-state index contributed by atoms with van der Waals surface area (Å²) in [6.45, 7) is 4.00. The van der Waals surface area contributed by atoms with Crippen molar-refractivity contribution < 1.29 is 14.4 Å². The van der Waals surface area contributed by atoms with Gasteiger partial charge in [0.15, 0.2) is 0 Å². The van der Waals surface area contributed by atoms with Gasteiger partial charge in [0, 0.05) is 18.7 Å². The topological polar surface area (TPSA) is 66.5 Å². The normalized spacial score (nSPS) is 15.2. The Morgan fingerprint density at radius 2 is 1.90 bits per heavy atom. The highest BCUT2D eigenvalue weighted by Gasteiger charge is 2.33. The van der Waals surface area contributed by atoms with Gasteiger partial charge in [-0.25, -0.2) is 0 Å². The molecule has 3 amide bonds. The molecule has 1 aliphatic rings. The molecule has 2 rings (SSSR count). The number of fused-ring (bicyclic) bond motifs is 1. The van der Waals surface area contributed by atoms with Crippen molar-refractivity contribution in [2.45, 2.75) is 32.7 Å². The van der Waals surface area contributed by atoms with Gasteiger partial charge in [0.1, 0.15) is 0 Å². The van der Waals surface area contributed by atoms with Crippen LogP contribution in [-0.2, 0) is 0 Å². The maximum Gasteiger partial charge on any atom is 0.261 e. The molecule has 1 heterocycles. The monoisotopic (exact) mass is 274 g/mol.